The Hall–Kier alpha value is -3.11. The number of sulfonamides is 1. The van der Waals surface area contributed by atoms with Gasteiger partial charge >= 0.3 is 5.97 Å². The molecular weight excluding hydrogens is 519 g/mol. The number of nitrogens with one attached hydrogen (secondary N) is 1. The van der Waals surface area contributed by atoms with Gasteiger partial charge in [-0.05, 0) is 85.5 Å². The lowest BCUT2D eigenvalue weighted by Crippen LogP contribution is -2.47. The first-order valence-electron chi connectivity index (χ1n) is 13.0. The van der Waals surface area contributed by atoms with E-state index in [9.17, 15) is 22.7 Å². The van der Waals surface area contributed by atoms with Gasteiger partial charge in [-0.25, -0.2) is 17.6 Å². The molecule has 7 nitrogen and oxygen atoms in total. The van der Waals surface area contributed by atoms with Crippen molar-refractivity contribution in [1.82, 2.24) is 9.62 Å². The van der Waals surface area contributed by atoms with E-state index in [0.717, 1.165) is 29.6 Å². The minimum Gasteiger partial charge on any atom is -0.478 e. The van der Waals surface area contributed by atoms with Crippen molar-refractivity contribution in [2.24, 2.45) is 5.92 Å². The summed E-state index contributed by atoms with van der Waals surface area (Å²) in [5, 5.41) is 23.2. The third-order valence-electron chi connectivity index (χ3n) is 7.31. The number of β-amino-alcohol motifs (C(OH)–C–C–N with tert-alkyl or cyclic N) is 1. The summed E-state index contributed by atoms with van der Waals surface area (Å²) in [6, 6.07) is 18.1. The van der Waals surface area contributed by atoms with Gasteiger partial charge in [0.15, 0.2) is 0 Å². The fourth-order valence-corrected chi connectivity index (χ4v) is 6.52. The number of aliphatic hydroxyl groups is 1. The number of aromatic carboxylic acids is 1. The zero-order valence-electron chi connectivity index (χ0n) is 22.4. The summed E-state index contributed by atoms with van der Waals surface area (Å²) in [5.74, 6) is -1.69. The molecule has 0 radical (unpaired) electrons. The topological polar surface area (TPSA) is 107 Å². The maximum absolute atomic E-state index is 13.7. The van der Waals surface area contributed by atoms with Gasteiger partial charge in [0.05, 0.1) is 16.6 Å². The van der Waals surface area contributed by atoms with Crippen LogP contribution in [0.4, 0.5) is 4.39 Å². The second kappa shape index (κ2) is 11.6. The molecule has 1 aliphatic rings. The lowest BCUT2D eigenvalue weighted by Gasteiger charge is -2.31. The highest BCUT2D eigenvalue weighted by Crippen LogP contribution is 2.32. The minimum atomic E-state index is -3.87. The largest absolute Gasteiger partial charge is 0.478 e. The quantitative estimate of drug-likeness (QED) is 0.326. The van der Waals surface area contributed by atoms with E-state index >= 15 is 0 Å². The van der Waals surface area contributed by atoms with Crippen LogP contribution < -0.4 is 5.32 Å². The molecule has 0 amide bonds. The van der Waals surface area contributed by atoms with E-state index < -0.39 is 33.5 Å². The van der Waals surface area contributed by atoms with Crippen LogP contribution in [0.25, 0.3) is 11.1 Å². The second-order valence-corrected chi connectivity index (χ2v) is 13.0. The molecule has 0 saturated heterocycles. The van der Waals surface area contributed by atoms with Gasteiger partial charge in [0, 0.05) is 25.7 Å². The Balaban J connectivity index is 1.32. The lowest BCUT2D eigenvalue weighted by molar-refractivity contribution is 0.0692. The Labute approximate surface area is 229 Å². The first kappa shape index (κ1) is 28.9. The van der Waals surface area contributed by atoms with Crippen LogP contribution in [-0.4, -0.2) is 60.7 Å². The third kappa shape index (κ3) is 6.91. The van der Waals surface area contributed by atoms with Crippen molar-refractivity contribution in [1.29, 1.82) is 0 Å². The molecule has 0 aromatic heterocycles. The highest BCUT2D eigenvalue weighted by molar-refractivity contribution is 7.89. The van der Waals surface area contributed by atoms with Crippen LogP contribution in [0.3, 0.4) is 0 Å². The van der Waals surface area contributed by atoms with E-state index in [2.05, 4.69) is 43.4 Å². The monoisotopic (exact) mass is 554 g/mol. The number of carboxylic acids is 1. The van der Waals surface area contributed by atoms with E-state index in [1.54, 1.807) is 12.1 Å². The molecule has 0 unspecified atom stereocenters. The summed E-state index contributed by atoms with van der Waals surface area (Å²) >= 11 is 0. The van der Waals surface area contributed by atoms with Crippen molar-refractivity contribution in [3.8, 4) is 11.1 Å². The Morgan fingerprint density at radius 3 is 2.23 bits per heavy atom. The molecule has 3 aromatic rings. The molecule has 0 heterocycles. The van der Waals surface area contributed by atoms with Crippen LogP contribution in [0, 0.1) is 11.7 Å². The fraction of sp³-hybridized carbons (Fsp3) is 0.367. The highest BCUT2D eigenvalue weighted by atomic mass is 32.2. The summed E-state index contributed by atoms with van der Waals surface area (Å²) in [6.07, 6.45) is 2.13. The average Bonchev–Trinajstić information content (AvgIpc) is 3.29. The van der Waals surface area contributed by atoms with Crippen molar-refractivity contribution in [2.45, 2.75) is 49.6 Å². The standard InChI is InChI=1S/C30H35FN2O5S/c1-30(2,17-20-14-22-6-4-5-7-23(22)15-20)32-18-25(34)19-33(3)39(37,38)26-11-8-21(9-12-26)24-10-13-28(31)27(16-24)29(35)36/h4-13,16,20,25,32,34H,14-15,17-19H2,1-3H3,(H,35,36)/t25-/m1/s1. The van der Waals surface area contributed by atoms with E-state index in [1.807, 2.05) is 0 Å². The average molecular weight is 555 g/mol. The number of rotatable bonds is 11. The zero-order valence-corrected chi connectivity index (χ0v) is 23.2. The van der Waals surface area contributed by atoms with E-state index in [-0.39, 0.29) is 23.5 Å². The molecule has 3 aromatic carbocycles. The van der Waals surface area contributed by atoms with Crippen LogP contribution >= 0.6 is 0 Å². The van der Waals surface area contributed by atoms with Crippen LogP contribution in [-0.2, 0) is 22.9 Å². The van der Waals surface area contributed by atoms with Crippen molar-refractivity contribution >= 4 is 16.0 Å². The molecule has 0 fully saturated rings. The van der Waals surface area contributed by atoms with Crippen molar-refractivity contribution in [3.63, 3.8) is 0 Å². The number of hydrogen-bond donors (Lipinski definition) is 3. The van der Waals surface area contributed by atoms with Crippen LogP contribution in [0.2, 0.25) is 0 Å². The molecule has 208 valence electrons. The van der Waals surface area contributed by atoms with Gasteiger partial charge in [0.25, 0.3) is 0 Å². The number of halogens is 1. The Morgan fingerprint density at radius 2 is 1.64 bits per heavy atom. The summed E-state index contributed by atoms with van der Waals surface area (Å²) in [7, 11) is -2.45. The highest BCUT2D eigenvalue weighted by Gasteiger charge is 2.29. The molecule has 0 saturated carbocycles. The van der Waals surface area contributed by atoms with E-state index in [1.165, 1.54) is 42.4 Å². The van der Waals surface area contributed by atoms with E-state index in [0.29, 0.717) is 17.0 Å². The number of benzene rings is 3. The number of nitrogens with zero attached hydrogens (tertiary/aromatic N) is 1. The summed E-state index contributed by atoms with van der Waals surface area (Å²) in [6.45, 7) is 4.38. The summed E-state index contributed by atoms with van der Waals surface area (Å²) < 4.78 is 41.1. The normalized spacial score (nSPS) is 14.9. The SMILES string of the molecule is CN(C[C@H](O)CNC(C)(C)CC1Cc2ccccc2C1)S(=O)(=O)c1ccc(-c2ccc(F)c(C(=O)O)c2)cc1. The van der Waals surface area contributed by atoms with Gasteiger partial charge in [-0.3, -0.25) is 0 Å². The van der Waals surface area contributed by atoms with Crippen LogP contribution in [0.5, 0.6) is 0 Å². The number of carbonyl (C=O) groups is 1. The molecule has 0 bridgehead atoms. The summed E-state index contributed by atoms with van der Waals surface area (Å²) in [5.41, 5.74) is 3.14. The fourth-order valence-electron chi connectivity index (χ4n) is 5.31. The smallest absolute Gasteiger partial charge is 0.338 e. The van der Waals surface area contributed by atoms with Crippen LogP contribution in [0.15, 0.2) is 71.6 Å². The lowest BCUT2D eigenvalue weighted by atomic mass is 9.88. The first-order valence-corrected chi connectivity index (χ1v) is 14.4. The molecule has 4 rings (SSSR count). The number of likely N-dealkylation sites (N-methyl/N-ethyl adjacent to an activating group) is 1. The second-order valence-electron chi connectivity index (χ2n) is 11.0. The number of fused-ring (bicyclic) bond motifs is 1. The van der Waals surface area contributed by atoms with E-state index in [4.69, 9.17) is 5.11 Å². The number of hydrogen-bond acceptors (Lipinski definition) is 5. The van der Waals surface area contributed by atoms with Crippen molar-refractivity contribution in [2.75, 3.05) is 20.1 Å². The van der Waals surface area contributed by atoms with Gasteiger partial charge in [-0.1, -0.05) is 42.5 Å². The zero-order chi connectivity index (χ0) is 28.4. The van der Waals surface area contributed by atoms with Gasteiger partial charge < -0.3 is 15.5 Å². The molecular formula is C30H35FN2O5S. The molecule has 1 aliphatic carbocycles. The number of aliphatic hydroxyl groups excluding tert-OH is 1. The van der Waals surface area contributed by atoms with Crippen LogP contribution in [0.1, 0.15) is 41.8 Å². The molecule has 0 spiro atoms. The van der Waals surface area contributed by atoms with Gasteiger partial charge in [0.2, 0.25) is 10.0 Å². The Morgan fingerprint density at radius 1 is 1.05 bits per heavy atom. The molecule has 39 heavy (non-hydrogen) atoms. The molecule has 9 heteroatoms. The van der Waals surface area contributed by atoms with Crippen molar-refractivity contribution < 1.29 is 27.8 Å². The Bertz CT molecular complexity index is 1410. The molecule has 0 aliphatic heterocycles. The van der Waals surface area contributed by atoms with Crippen molar-refractivity contribution in [3.05, 3.63) is 89.2 Å². The van der Waals surface area contributed by atoms with Gasteiger partial charge in [0.1, 0.15) is 5.82 Å². The Kier molecular flexibility index (Phi) is 8.56. The predicted molar refractivity (Wildman–Crippen MR) is 149 cm³/mol. The third-order valence-corrected chi connectivity index (χ3v) is 9.15. The van der Waals surface area contributed by atoms with Gasteiger partial charge in [-0.15, -0.1) is 0 Å². The molecule has 3 N–H and O–H groups in total. The molecule has 1 atom stereocenters. The number of carboxylic acid groups (broad SMARTS) is 1. The maximum atomic E-state index is 13.7. The minimum absolute atomic E-state index is 0.0376. The summed E-state index contributed by atoms with van der Waals surface area (Å²) in [4.78, 5) is 11.3. The first-order chi connectivity index (χ1) is 18.4. The maximum Gasteiger partial charge on any atom is 0.338 e. The van der Waals surface area contributed by atoms with Gasteiger partial charge in [-0.2, -0.15) is 4.31 Å². The predicted octanol–water partition coefficient (Wildman–Crippen LogP) is 4.35.